The summed E-state index contributed by atoms with van der Waals surface area (Å²) in [6.45, 7) is 2.80. The summed E-state index contributed by atoms with van der Waals surface area (Å²) in [4.78, 5) is 13.1. The molecule has 0 amide bonds. The minimum Gasteiger partial charge on any atom is -0.474 e. The minimum absolute atomic E-state index is 0.0481. The topological polar surface area (TPSA) is 82.3 Å². The van der Waals surface area contributed by atoms with Gasteiger partial charge in [-0.1, -0.05) is 11.6 Å². The lowest BCUT2D eigenvalue weighted by atomic mass is 9.87. The Kier molecular flexibility index (Phi) is 6.39. The van der Waals surface area contributed by atoms with E-state index in [0.717, 1.165) is 5.52 Å². The molecule has 35 heavy (non-hydrogen) atoms. The molecule has 2 fully saturated rings. The van der Waals surface area contributed by atoms with E-state index in [0.29, 0.717) is 65.9 Å². The standard InChI is InChI=1S/C24H26ClF3N4O3/c1-14-30-18(10-20(31-14)35-16-4-2-15(3-5-16)24(26,27)28)17-11-32(12-23(33)7-9-34-13-23)19-6-8-29-22(25)21(17)19/h6,8,10-11,15-16,33H,2-5,7,9,12-13H2,1H3/t15?,16?,23-/m1/s1. The van der Waals surface area contributed by atoms with Crippen LogP contribution in [0.2, 0.25) is 5.15 Å². The third kappa shape index (κ3) is 5.10. The number of nitrogens with zero attached hydrogens (tertiary/aromatic N) is 4. The number of hydrogen-bond donors (Lipinski definition) is 1. The Balaban J connectivity index is 1.44. The molecule has 4 heterocycles. The van der Waals surface area contributed by atoms with Crippen LogP contribution in [0.5, 0.6) is 5.88 Å². The van der Waals surface area contributed by atoms with Crippen molar-refractivity contribution < 1.29 is 27.8 Å². The molecular formula is C24H26ClF3N4O3. The highest BCUT2D eigenvalue weighted by molar-refractivity contribution is 6.35. The van der Waals surface area contributed by atoms with Crippen LogP contribution in [0.3, 0.4) is 0 Å². The SMILES string of the molecule is Cc1nc(OC2CCC(C(F)(F)F)CC2)cc(-c2cn(C[C@]3(O)CCOC3)c3ccnc(Cl)c23)n1. The first-order chi connectivity index (χ1) is 16.6. The van der Waals surface area contributed by atoms with E-state index in [1.807, 2.05) is 16.8 Å². The van der Waals surface area contributed by atoms with Gasteiger partial charge in [-0.15, -0.1) is 0 Å². The molecule has 0 aromatic carbocycles. The molecule has 1 N–H and O–H groups in total. The van der Waals surface area contributed by atoms with Crippen molar-refractivity contribution in [3.63, 3.8) is 0 Å². The Bertz CT molecular complexity index is 1220. The van der Waals surface area contributed by atoms with Crippen LogP contribution in [0.4, 0.5) is 13.2 Å². The first kappa shape index (κ1) is 24.3. The fraction of sp³-hybridized carbons (Fsp3) is 0.542. The molecule has 7 nitrogen and oxygen atoms in total. The number of fused-ring (bicyclic) bond motifs is 1. The van der Waals surface area contributed by atoms with Crippen molar-refractivity contribution in [2.75, 3.05) is 13.2 Å². The zero-order chi connectivity index (χ0) is 24.8. The number of hydrogen-bond acceptors (Lipinski definition) is 6. The van der Waals surface area contributed by atoms with Gasteiger partial charge >= 0.3 is 6.18 Å². The van der Waals surface area contributed by atoms with E-state index in [2.05, 4.69) is 15.0 Å². The smallest absolute Gasteiger partial charge is 0.391 e. The Morgan fingerprint density at radius 1 is 1.26 bits per heavy atom. The van der Waals surface area contributed by atoms with Crippen LogP contribution in [0.15, 0.2) is 24.5 Å². The molecule has 1 atom stereocenters. The monoisotopic (exact) mass is 510 g/mol. The molecule has 3 aromatic heterocycles. The molecular weight excluding hydrogens is 485 g/mol. The maximum atomic E-state index is 13.0. The van der Waals surface area contributed by atoms with Gasteiger partial charge in [0.1, 0.15) is 22.7 Å². The molecule has 5 rings (SSSR count). The lowest BCUT2D eigenvalue weighted by molar-refractivity contribution is -0.185. The number of pyridine rings is 1. The maximum absolute atomic E-state index is 13.0. The summed E-state index contributed by atoms with van der Waals surface area (Å²) in [6.07, 6.45) is 0.241. The second-order valence-corrected chi connectivity index (χ2v) is 9.82. The van der Waals surface area contributed by atoms with Crippen LogP contribution in [-0.2, 0) is 11.3 Å². The highest BCUT2D eigenvalue weighted by Gasteiger charge is 2.42. The van der Waals surface area contributed by atoms with E-state index < -0.39 is 17.7 Å². The van der Waals surface area contributed by atoms with Crippen LogP contribution in [0.25, 0.3) is 22.2 Å². The maximum Gasteiger partial charge on any atom is 0.391 e. The van der Waals surface area contributed by atoms with Gasteiger partial charge < -0.3 is 19.1 Å². The van der Waals surface area contributed by atoms with E-state index in [9.17, 15) is 18.3 Å². The summed E-state index contributed by atoms with van der Waals surface area (Å²) < 4.78 is 52.3. The summed E-state index contributed by atoms with van der Waals surface area (Å²) in [6, 6.07) is 3.51. The number of aryl methyl sites for hydroxylation is 1. The van der Waals surface area contributed by atoms with Gasteiger partial charge in [0.25, 0.3) is 0 Å². The summed E-state index contributed by atoms with van der Waals surface area (Å²) >= 11 is 6.48. The van der Waals surface area contributed by atoms with E-state index in [1.165, 1.54) is 0 Å². The highest BCUT2D eigenvalue weighted by Crippen LogP contribution is 2.39. The number of ether oxygens (including phenoxy) is 2. The van der Waals surface area contributed by atoms with Crippen molar-refractivity contribution in [2.24, 2.45) is 5.92 Å². The van der Waals surface area contributed by atoms with E-state index in [-0.39, 0.29) is 25.6 Å². The molecule has 1 aliphatic heterocycles. The van der Waals surface area contributed by atoms with Gasteiger partial charge in [-0.2, -0.15) is 18.2 Å². The van der Waals surface area contributed by atoms with Crippen molar-refractivity contribution in [3.05, 3.63) is 35.5 Å². The third-order valence-electron chi connectivity index (χ3n) is 6.81. The van der Waals surface area contributed by atoms with Gasteiger partial charge in [0, 0.05) is 42.4 Å². The Morgan fingerprint density at radius 3 is 2.71 bits per heavy atom. The summed E-state index contributed by atoms with van der Waals surface area (Å²) in [5.41, 5.74) is 1.08. The number of rotatable bonds is 5. The molecule has 0 spiro atoms. The lowest BCUT2D eigenvalue weighted by Gasteiger charge is -2.29. The summed E-state index contributed by atoms with van der Waals surface area (Å²) in [5.74, 6) is -0.497. The van der Waals surface area contributed by atoms with Gasteiger partial charge in [-0.05, 0) is 38.7 Å². The van der Waals surface area contributed by atoms with Crippen molar-refractivity contribution in [2.45, 2.75) is 63.5 Å². The van der Waals surface area contributed by atoms with Crippen molar-refractivity contribution in [1.29, 1.82) is 0 Å². The minimum atomic E-state index is -4.16. The van der Waals surface area contributed by atoms with Gasteiger partial charge in [0.2, 0.25) is 5.88 Å². The lowest BCUT2D eigenvalue weighted by Crippen LogP contribution is -2.34. The molecule has 1 saturated carbocycles. The van der Waals surface area contributed by atoms with E-state index in [4.69, 9.17) is 21.1 Å². The second kappa shape index (κ2) is 9.22. The average molecular weight is 511 g/mol. The number of aromatic nitrogens is 4. The van der Waals surface area contributed by atoms with Crippen molar-refractivity contribution in [3.8, 4) is 17.1 Å². The Morgan fingerprint density at radius 2 is 2.03 bits per heavy atom. The van der Waals surface area contributed by atoms with Gasteiger partial charge in [0.15, 0.2) is 0 Å². The largest absolute Gasteiger partial charge is 0.474 e. The van der Waals surface area contributed by atoms with Gasteiger partial charge in [0.05, 0.1) is 30.3 Å². The van der Waals surface area contributed by atoms with Gasteiger partial charge in [-0.3, -0.25) is 0 Å². The zero-order valence-corrected chi connectivity index (χ0v) is 19.9. The summed E-state index contributed by atoms with van der Waals surface area (Å²) in [7, 11) is 0. The van der Waals surface area contributed by atoms with Crippen LogP contribution in [0, 0.1) is 12.8 Å². The molecule has 11 heteroatoms. The van der Waals surface area contributed by atoms with Crippen molar-refractivity contribution in [1.82, 2.24) is 19.5 Å². The first-order valence-corrected chi connectivity index (χ1v) is 12.0. The van der Waals surface area contributed by atoms with Crippen LogP contribution in [0.1, 0.15) is 37.9 Å². The molecule has 1 aliphatic carbocycles. The van der Waals surface area contributed by atoms with E-state index >= 15 is 0 Å². The molecule has 0 bridgehead atoms. The van der Waals surface area contributed by atoms with Crippen LogP contribution in [-0.4, -0.2) is 55.7 Å². The number of halogens is 4. The molecule has 0 unspecified atom stereocenters. The molecule has 188 valence electrons. The fourth-order valence-corrected chi connectivity index (χ4v) is 5.24. The Hall–Kier alpha value is -2.43. The third-order valence-corrected chi connectivity index (χ3v) is 7.10. The molecule has 1 saturated heterocycles. The molecule has 0 radical (unpaired) electrons. The molecule has 3 aromatic rings. The Labute approximate surface area is 205 Å². The van der Waals surface area contributed by atoms with Crippen LogP contribution >= 0.6 is 11.6 Å². The predicted octanol–water partition coefficient (Wildman–Crippen LogP) is 5.11. The fourth-order valence-electron chi connectivity index (χ4n) is 4.99. The van der Waals surface area contributed by atoms with Crippen LogP contribution < -0.4 is 4.74 Å². The van der Waals surface area contributed by atoms with E-state index in [1.54, 1.807) is 19.2 Å². The first-order valence-electron chi connectivity index (χ1n) is 11.6. The number of alkyl halides is 3. The molecule has 2 aliphatic rings. The predicted molar refractivity (Wildman–Crippen MR) is 123 cm³/mol. The van der Waals surface area contributed by atoms with Crippen molar-refractivity contribution >= 4 is 22.5 Å². The normalized spacial score (nSPS) is 25.3. The average Bonchev–Trinajstić information content (AvgIpc) is 3.38. The number of aliphatic hydroxyl groups is 1. The van der Waals surface area contributed by atoms with Gasteiger partial charge in [-0.25, -0.2) is 9.97 Å². The summed E-state index contributed by atoms with van der Waals surface area (Å²) in [5, 5.41) is 11.9. The quantitative estimate of drug-likeness (QED) is 0.480. The highest BCUT2D eigenvalue weighted by atomic mass is 35.5. The zero-order valence-electron chi connectivity index (χ0n) is 19.2. The second-order valence-electron chi connectivity index (χ2n) is 9.47.